The topological polar surface area (TPSA) is 216 Å². The van der Waals surface area contributed by atoms with Crippen LogP contribution in [-0.4, -0.2) is 81.6 Å². The van der Waals surface area contributed by atoms with E-state index in [-0.39, 0.29) is 25.7 Å². The van der Waals surface area contributed by atoms with Crippen LogP contribution in [-0.2, 0) is 41.8 Å². The standard InChI is InChI=1S/C43H78O14P2/c1-4-6-7-8-9-10-11-12-13-17-20-23-26-30-39(44)31-28-33-43(47)57-41(37-56-59(51,52)55-35-40(45)34-54-58(48,49)50)36-53-42(46)32-27-24-21-18-15-14-16-19-22-25-29-38(3)5-2/h9-10,12-13,20,23,26,30,38-41,44-45H,4-8,11,14-19,21-22,24-25,27-29,31-37H2,1-3H3,(H,51,52)(H2,48,49,50)/b10-9-,13-12-,23-20-,30-26+/t38?,39-,40-,41+/m0/s1. The molecule has 0 spiro atoms. The average molecular weight is 881 g/mol. The summed E-state index contributed by atoms with van der Waals surface area (Å²) >= 11 is 0. The van der Waals surface area contributed by atoms with E-state index in [0.29, 0.717) is 6.42 Å². The van der Waals surface area contributed by atoms with Crippen molar-refractivity contribution in [2.24, 2.45) is 5.92 Å². The number of hydrogen-bond donors (Lipinski definition) is 5. The largest absolute Gasteiger partial charge is 0.472 e. The molecule has 0 aliphatic heterocycles. The van der Waals surface area contributed by atoms with Gasteiger partial charge in [0.2, 0.25) is 0 Å². The van der Waals surface area contributed by atoms with Crippen LogP contribution in [0.25, 0.3) is 0 Å². The lowest BCUT2D eigenvalue weighted by molar-refractivity contribution is -0.161. The maximum Gasteiger partial charge on any atom is 0.472 e. The van der Waals surface area contributed by atoms with Gasteiger partial charge in [0, 0.05) is 12.8 Å². The van der Waals surface area contributed by atoms with Crippen LogP contribution in [0.3, 0.4) is 0 Å². The molecule has 0 aliphatic carbocycles. The number of ether oxygens (including phenoxy) is 2. The molecule has 59 heavy (non-hydrogen) atoms. The second-order valence-corrected chi connectivity index (χ2v) is 17.8. The zero-order valence-corrected chi connectivity index (χ0v) is 37.9. The van der Waals surface area contributed by atoms with E-state index in [1.807, 2.05) is 12.2 Å². The highest BCUT2D eigenvalue weighted by Crippen LogP contribution is 2.43. The molecular formula is C43H78O14P2. The van der Waals surface area contributed by atoms with Gasteiger partial charge in [-0.3, -0.25) is 23.2 Å². The Morgan fingerprint density at radius 2 is 1.19 bits per heavy atom. The highest BCUT2D eigenvalue weighted by molar-refractivity contribution is 7.47. The van der Waals surface area contributed by atoms with Crippen LogP contribution in [0.4, 0.5) is 0 Å². The van der Waals surface area contributed by atoms with Crippen LogP contribution in [0.1, 0.15) is 162 Å². The molecule has 5 N–H and O–H groups in total. The predicted molar refractivity (Wildman–Crippen MR) is 231 cm³/mol. The normalized spacial score (nSPS) is 15.6. The first kappa shape index (κ1) is 57.0. The van der Waals surface area contributed by atoms with Gasteiger partial charge in [-0.2, -0.15) is 0 Å². The maximum absolute atomic E-state index is 12.7. The fraction of sp³-hybridized carbons (Fsp3) is 0.767. The van der Waals surface area contributed by atoms with Gasteiger partial charge in [-0.1, -0.05) is 153 Å². The second kappa shape index (κ2) is 37.8. The fourth-order valence-electron chi connectivity index (χ4n) is 5.60. The van der Waals surface area contributed by atoms with Crippen LogP contribution in [0.15, 0.2) is 48.6 Å². The maximum atomic E-state index is 12.7. The van der Waals surface area contributed by atoms with Gasteiger partial charge in [-0.05, 0) is 50.9 Å². The Bertz CT molecular complexity index is 1260. The van der Waals surface area contributed by atoms with Crippen molar-refractivity contribution in [3.05, 3.63) is 48.6 Å². The molecule has 0 radical (unpaired) electrons. The number of carbonyl (C=O) groups is 2. The van der Waals surface area contributed by atoms with Crippen molar-refractivity contribution < 1.29 is 66.7 Å². The quantitative estimate of drug-likeness (QED) is 0.0127. The molecule has 0 amide bonds. The zero-order chi connectivity index (χ0) is 44.0. The number of phosphoric ester groups is 2. The number of phosphoric acid groups is 2. The van der Waals surface area contributed by atoms with Crippen LogP contribution in [0.5, 0.6) is 0 Å². The molecule has 344 valence electrons. The molecule has 14 nitrogen and oxygen atoms in total. The average Bonchev–Trinajstić information content (AvgIpc) is 3.19. The third kappa shape index (κ3) is 41.2. The molecule has 0 bridgehead atoms. The minimum Gasteiger partial charge on any atom is -0.462 e. The van der Waals surface area contributed by atoms with E-state index in [2.05, 4.69) is 54.1 Å². The number of aliphatic hydroxyl groups excluding tert-OH is 2. The molecule has 0 aromatic heterocycles. The smallest absolute Gasteiger partial charge is 0.462 e. The summed E-state index contributed by atoms with van der Waals surface area (Å²) < 4.78 is 47.6. The van der Waals surface area contributed by atoms with Crippen molar-refractivity contribution in [2.45, 2.75) is 180 Å². The molecule has 5 atom stereocenters. The Morgan fingerprint density at radius 1 is 0.610 bits per heavy atom. The predicted octanol–water partition coefficient (Wildman–Crippen LogP) is 9.89. The molecule has 0 aromatic rings. The van der Waals surface area contributed by atoms with Crippen molar-refractivity contribution in [3.63, 3.8) is 0 Å². The lowest BCUT2D eigenvalue weighted by Gasteiger charge is -2.20. The highest BCUT2D eigenvalue weighted by atomic mass is 31.2. The summed E-state index contributed by atoms with van der Waals surface area (Å²) in [6, 6.07) is 0. The summed E-state index contributed by atoms with van der Waals surface area (Å²) in [4.78, 5) is 52.7. The Labute approximate surface area is 354 Å². The van der Waals surface area contributed by atoms with Gasteiger partial charge in [0.25, 0.3) is 0 Å². The van der Waals surface area contributed by atoms with Gasteiger partial charge >= 0.3 is 27.6 Å². The van der Waals surface area contributed by atoms with E-state index < -0.39 is 72.3 Å². The second-order valence-electron chi connectivity index (χ2n) is 15.1. The fourth-order valence-corrected chi connectivity index (χ4v) is 6.76. The molecule has 0 rings (SSSR count). The Morgan fingerprint density at radius 3 is 1.83 bits per heavy atom. The number of rotatable bonds is 40. The summed E-state index contributed by atoms with van der Waals surface area (Å²) in [7, 11) is -9.74. The molecular weight excluding hydrogens is 802 g/mol. The van der Waals surface area contributed by atoms with Gasteiger partial charge in [-0.15, -0.1) is 0 Å². The number of unbranched alkanes of at least 4 members (excludes halogenated alkanes) is 12. The van der Waals surface area contributed by atoms with Crippen molar-refractivity contribution >= 4 is 27.6 Å². The van der Waals surface area contributed by atoms with E-state index in [1.165, 1.54) is 70.6 Å². The number of carbonyl (C=O) groups excluding carboxylic acids is 2. The number of allylic oxidation sites excluding steroid dienone is 7. The number of hydrogen-bond acceptors (Lipinski definition) is 11. The van der Waals surface area contributed by atoms with Crippen molar-refractivity contribution in [2.75, 3.05) is 26.4 Å². The first-order valence-electron chi connectivity index (χ1n) is 21.8. The Balaban J connectivity index is 4.73. The minimum absolute atomic E-state index is 0.0969. The third-order valence-electron chi connectivity index (χ3n) is 9.36. The van der Waals surface area contributed by atoms with Crippen molar-refractivity contribution in [3.8, 4) is 0 Å². The van der Waals surface area contributed by atoms with E-state index in [9.17, 15) is 33.8 Å². The van der Waals surface area contributed by atoms with Crippen molar-refractivity contribution in [1.82, 2.24) is 0 Å². The van der Waals surface area contributed by atoms with E-state index >= 15 is 0 Å². The summed E-state index contributed by atoms with van der Waals surface area (Å²) in [5.74, 6) is -0.419. The molecule has 0 aliphatic rings. The highest BCUT2D eigenvalue weighted by Gasteiger charge is 2.28. The lowest BCUT2D eigenvalue weighted by atomic mass is 9.99. The monoisotopic (exact) mass is 880 g/mol. The first-order chi connectivity index (χ1) is 28.2. The number of aliphatic hydroxyl groups is 2. The minimum atomic E-state index is -4.88. The molecule has 16 heteroatoms. The molecule has 0 saturated carbocycles. The van der Waals surface area contributed by atoms with Gasteiger partial charge in [-0.25, -0.2) is 9.13 Å². The Kier molecular flexibility index (Phi) is 36.5. The van der Waals surface area contributed by atoms with Gasteiger partial charge in [0.15, 0.2) is 6.10 Å². The van der Waals surface area contributed by atoms with Gasteiger partial charge < -0.3 is 34.4 Å². The van der Waals surface area contributed by atoms with E-state index in [0.717, 1.165) is 44.4 Å². The molecule has 2 unspecified atom stereocenters. The Hall–Kier alpha value is -1.96. The molecule has 0 fully saturated rings. The van der Waals surface area contributed by atoms with Gasteiger partial charge in [0.1, 0.15) is 12.7 Å². The third-order valence-corrected chi connectivity index (χ3v) is 10.8. The molecule has 0 saturated heterocycles. The summed E-state index contributed by atoms with van der Waals surface area (Å²) in [5, 5.41) is 20.0. The van der Waals surface area contributed by atoms with Crippen LogP contribution < -0.4 is 0 Å². The number of esters is 2. The first-order valence-corrected chi connectivity index (χ1v) is 24.9. The van der Waals surface area contributed by atoms with E-state index in [4.69, 9.17) is 23.8 Å². The summed E-state index contributed by atoms with van der Waals surface area (Å²) in [5.41, 5.74) is 0. The van der Waals surface area contributed by atoms with Crippen LogP contribution in [0, 0.1) is 5.92 Å². The molecule has 0 heterocycles. The lowest BCUT2D eigenvalue weighted by Crippen LogP contribution is -2.30. The van der Waals surface area contributed by atoms with E-state index in [1.54, 1.807) is 12.2 Å². The summed E-state index contributed by atoms with van der Waals surface area (Å²) in [6.07, 6.45) is 32.8. The van der Waals surface area contributed by atoms with Crippen LogP contribution in [0.2, 0.25) is 0 Å². The summed E-state index contributed by atoms with van der Waals surface area (Å²) in [6.45, 7) is 3.83. The van der Waals surface area contributed by atoms with Gasteiger partial charge in [0.05, 0.1) is 25.9 Å². The zero-order valence-electron chi connectivity index (χ0n) is 36.1. The SMILES string of the molecule is CCCCC/C=C\C/C=C\C/C=C\C=C\[C@H](O)CCCC(=O)O[C@H](COC(=O)CCCCCCCCCCCCC(C)CC)COP(=O)(O)OC[C@@H](O)COP(=O)(O)O. The van der Waals surface area contributed by atoms with Crippen LogP contribution >= 0.6 is 15.6 Å². The van der Waals surface area contributed by atoms with Crippen molar-refractivity contribution in [1.29, 1.82) is 0 Å². The molecule has 0 aromatic carbocycles.